The van der Waals surface area contributed by atoms with E-state index in [1.807, 2.05) is 6.08 Å². The fourth-order valence-electron chi connectivity index (χ4n) is 6.43. The Bertz CT molecular complexity index is 556. The van der Waals surface area contributed by atoms with E-state index in [2.05, 4.69) is 19.9 Å². The van der Waals surface area contributed by atoms with Crippen molar-refractivity contribution < 1.29 is 9.50 Å². The van der Waals surface area contributed by atoms with Gasteiger partial charge in [-0.15, -0.1) is 0 Å². The van der Waals surface area contributed by atoms with Crippen molar-refractivity contribution in [3.05, 3.63) is 23.7 Å². The van der Waals surface area contributed by atoms with Crippen molar-refractivity contribution in [2.45, 2.75) is 58.5 Å². The van der Waals surface area contributed by atoms with Gasteiger partial charge < -0.3 is 10.8 Å². The molecule has 4 rings (SSSR count). The molecule has 3 heteroatoms. The summed E-state index contributed by atoms with van der Waals surface area (Å²) in [6, 6.07) is 0. The molecule has 4 aliphatic rings. The highest BCUT2D eigenvalue weighted by Gasteiger charge is 2.58. The SMILES string of the molecule is C[C@]12C=CC(O)CC1CC[C@@H]1[C@H]2CC[C@]2(C)C(N)=C(F)C[C@@H]12. The van der Waals surface area contributed by atoms with Crippen molar-refractivity contribution >= 4 is 0 Å². The minimum absolute atomic E-state index is 0.0463. The number of aliphatic hydroxyl groups excluding tert-OH is 1. The van der Waals surface area contributed by atoms with E-state index < -0.39 is 0 Å². The molecule has 7 atom stereocenters. The maximum absolute atomic E-state index is 14.2. The molecule has 0 aliphatic heterocycles. The molecule has 2 nitrogen and oxygen atoms in total. The fraction of sp³-hybridized carbons (Fsp3) is 0.789. The Morgan fingerprint density at radius 2 is 2.00 bits per heavy atom. The van der Waals surface area contributed by atoms with Gasteiger partial charge in [-0.05, 0) is 61.2 Å². The van der Waals surface area contributed by atoms with Crippen molar-refractivity contribution in [2.24, 2.45) is 40.2 Å². The first kappa shape index (κ1) is 14.7. The molecule has 0 aromatic carbocycles. The lowest BCUT2D eigenvalue weighted by Crippen LogP contribution is -2.52. The molecule has 0 aromatic heterocycles. The first-order valence-electron chi connectivity index (χ1n) is 8.88. The minimum atomic E-state index is -0.273. The van der Waals surface area contributed by atoms with Gasteiger partial charge in [0, 0.05) is 17.5 Å². The summed E-state index contributed by atoms with van der Waals surface area (Å²) in [5.41, 5.74) is 6.73. The lowest BCUT2D eigenvalue weighted by molar-refractivity contribution is -0.0717. The van der Waals surface area contributed by atoms with Crippen LogP contribution in [0.25, 0.3) is 0 Å². The van der Waals surface area contributed by atoms with Crippen LogP contribution >= 0.6 is 0 Å². The van der Waals surface area contributed by atoms with Crippen LogP contribution in [0.5, 0.6) is 0 Å². The Hall–Kier alpha value is -0.830. The molecule has 4 aliphatic carbocycles. The lowest BCUT2D eigenvalue weighted by Gasteiger charge is -2.58. The summed E-state index contributed by atoms with van der Waals surface area (Å²) in [6.45, 7) is 4.56. The summed E-state index contributed by atoms with van der Waals surface area (Å²) in [5, 5.41) is 9.96. The van der Waals surface area contributed by atoms with Crippen LogP contribution in [-0.4, -0.2) is 11.2 Å². The standard InChI is InChI=1S/C19H28FNO/c1-18-7-5-12(22)9-11(18)3-4-13-14(18)6-8-19(2)15(13)10-16(20)17(19)21/h5,7,11-15,22H,3-4,6,8-10,21H2,1-2H3/t11?,12?,13-,14-,15+,18+,19+/m1/s1. The number of nitrogens with two attached hydrogens (primary N) is 1. The predicted octanol–water partition coefficient (Wildman–Crippen LogP) is 3.92. The van der Waals surface area contributed by atoms with Gasteiger partial charge in [-0.2, -0.15) is 0 Å². The number of hydrogen-bond donors (Lipinski definition) is 2. The monoisotopic (exact) mass is 305 g/mol. The van der Waals surface area contributed by atoms with E-state index in [1.165, 1.54) is 6.42 Å². The van der Waals surface area contributed by atoms with Gasteiger partial charge in [0.15, 0.2) is 0 Å². The second-order valence-corrected chi connectivity index (χ2v) is 8.66. The smallest absolute Gasteiger partial charge is 0.119 e. The average molecular weight is 305 g/mol. The van der Waals surface area contributed by atoms with Gasteiger partial charge in [-0.3, -0.25) is 0 Å². The summed E-state index contributed by atoms with van der Waals surface area (Å²) in [6.07, 6.45) is 9.94. The maximum Gasteiger partial charge on any atom is 0.119 e. The van der Waals surface area contributed by atoms with Crippen molar-refractivity contribution in [1.29, 1.82) is 0 Å². The molecular weight excluding hydrogens is 277 g/mol. The largest absolute Gasteiger partial charge is 0.400 e. The Morgan fingerprint density at radius 1 is 1.23 bits per heavy atom. The normalized spacial score (nSPS) is 53.9. The third kappa shape index (κ3) is 1.75. The lowest BCUT2D eigenvalue weighted by atomic mass is 9.46. The zero-order valence-electron chi connectivity index (χ0n) is 13.7. The molecule has 2 unspecified atom stereocenters. The van der Waals surface area contributed by atoms with Crippen LogP contribution in [-0.2, 0) is 0 Å². The van der Waals surface area contributed by atoms with E-state index in [4.69, 9.17) is 5.73 Å². The predicted molar refractivity (Wildman–Crippen MR) is 85.3 cm³/mol. The Kier molecular flexibility index (Phi) is 3.08. The van der Waals surface area contributed by atoms with E-state index in [-0.39, 0.29) is 22.8 Å². The molecule has 0 aromatic rings. The van der Waals surface area contributed by atoms with Crippen molar-refractivity contribution in [3.63, 3.8) is 0 Å². The highest BCUT2D eigenvalue weighted by atomic mass is 19.1. The van der Waals surface area contributed by atoms with Crippen molar-refractivity contribution in [2.75, 3.05) is 0 Å². The van der Waals surface area contributed by atoms with Gasteiger partial charge in [0.2, 0.25) is 0 Å². The van der Waals surface area contributed by atoms with E-state index in [9.17, 15) is 9.50 Å². The Labute approximate surface area is 132 Å². The highest BCUT2D eigenvalue weighted by Crippen LogP contribution is 2.65. The third-order valence-corrected chi connectivity index (χ3v) is 7.86. The third-order valence-electron chi connectivity index (χ3n) is 7.86. The van der Waals surface area contributed by atoms with Crippen LogP contribution in [0.15, 0.2) is 23.7 Å². The number of hydrogen-bond acceptors (Lipinski definition) is 2. The number of aliphatic hydroxyl groups is 1. The molecule has 22 heavy (non-hydrogen) atoms. The van der Waals surface area contributed by atoms with E-state index in [0.717, 1.165) is 25.7 Å². The second kappa shape index (κ2) is 4.59. The van der Waals surface area contributed by atoms with Crippen LogP contribution in [0.4, 0.5) is 4.39 Å². The van der Waals surface area contributed by atoms with Crippen molar-refractivity contribution in [3.8, 4) is 0 Å². The Morgan fingerprint density at radius 3 is 2.77 bits per heavy atom. The summed E-state index contributed by atoms with van der Waals surface area (Å²) in [5.74, 6) is 2.10. The van der Waals surface area contributed by atoms with Crippen LogP contribution < -0.4 is 5.73 Å². The van der Waals surface area contributed by atoms with Gasteiger partial charge in [0.25, 0.3) is 0 Å². The van der Waals surface area contributed by atoms with Crippen LogP contribution in [0.2, 0.25) is 0 Å². The molecule has 2 saturated carbocycles. The molecule has 0 heterocycles. The quantitative estimate of drug-likeness (QED) is 0.666. The molecule has 0 amide bonds. The highest BCUT2D eigenvalue weighted by molar-refractivity contribution is 5.27. The first-order chi connectivity index (χ1) is 10.4. The maximum atomic E-state index is 14.2. The van der Waals surface area contributed by atoms with Gasteiger partial charge in [-0.1, -0.05) is 26.0 Å². The summed E-state index contributed by atoms with van der Waals surface area (Å²) < 4.78 is 14.2. The molecular formula is C19H28FNO. The summed E-state index contributed by atoms with van der Waals surface area (Å²) >= 11 is 0. The van der Waals surface area contributed by atoms with Crippen molar-refractivity contribution in [1.82, 2.24) is 0 Å². The topological polar surface area (TPSA) is 46.2 Å². The van der Waals surface area contributed by atoms with E-state index in [1.54, 1.807) is 0 Å². The Balaban J connectivity index is 1.68. The van der Waals surface area contributed by atoms with Gasteiger partial charge in [-0.25, -0.2) is 4.39 Å². The molecule has 3 N–H and O–H groups in total. The van der Waals surface area contributed by atoms with Gasteiger partial charge in [0.1, 0.15) is 5.83 Å². The molecule has 122 valence electrons. The van der Waals surface area contributed by atoms with Crippen LogP contribution in [0.3, 0.4) is 0 Å². The molecule has 0 bridgehead atoms. The second-order valence-electron chi connectivity index (χ2n) is 8.66. The van der Waals surface area contributed by atoms with Gasteiger partial charge >= 0.3 is 0 Å². The van der Waals surface area contributed by atoms with Crippen LogP contribution in [0.1, 0.15) is 52.4 Å². The minimum Gasteiger partial charge on any atom is -0.400 e. The van der Waals surface area contributed by atoms with E-state index >= 15 is 0 Å². The number of rotatable bonds is 0. The van der Waals surface area contributed by atoms with Crippen LogP contribution in [0, 0.1) is 34.5 Å². The first-order valence-corrected chi connectivity index (χ1v) is 8.88. The summed E-state index contributed by atoms with van der Waals surface area (Å²) in [7, 11) is 0. The number of allylic oxidation sites excluding steroid dienone is 3. The fourth-order valence-corrected chi connectivity index (χ4v) is 6.43. The molecule has 2 fully saturated rings. The zero-order chi connectivity index (χ0) is 15.7. The average Bonchev–Trinajstić information content (AvgIpc) is 2.72. The molecule has 0 saturated heterocycles. The summed E-state index contributed by atoms with van der Waals surface area (Å²) in [4.78, 5) is 0. The van der Waals surface area contributed by atoms with E-state index in [0.29, 0.717) is 35.8 Å². The zero-order valence-corrected chi connectivity index (χ0v) is 13.7. The molecule has 0 radical (unpaired) electrons. The number of halogens is 1. The molecule has 0 spiro atoms. The number of fused-ring (bicyclic) bond motifs is 5. The van der Waals surface area contributed by atoms with Gasteiger partial charge in [0.05, 0.1) is 6.10 Å².